The van der Waals surface area contributed by atoms with Crippen molar-refractivity contribution in [1.29, 1.82) is 0 Å². The molecular weight excluding hydrogens is 526 g/mol. The average molecular weight is 547 g/mol. The fourth-order valence-electron chi connectivity index (χ4n) is 3.22. The summed E-state index contributed by atoms with van der Waals surface area (Å²) in [6.45, 7) is 3.30. The van der Waals surface area contributed by atoms with Gasteiger partial charge >= 0.3 is 0 Å². The number of nitrogens with one attached hydrogen (secondary N) is 2. The van der Waals surface area contributed by atoms with Gasteiger partial charge in [0.05, 0.1) is 17.6 Å². The molecule has 0 aliphatic carbocycles. The van der Waals surface area contributed by atoms with Crippen molar-refractivity contribution in [2.75, 3.05) is 12.0 Å². The molecule has 0 saturated carbocycles. The molecule has 0 unspecified atom stereocenters. The number of halogens is 2. The Morgan fingerprint density at radius 2 is 1.94 bits per heavy atom. The molecule has 2 aromatic carbocycles. The number of hydrogen-bond donors (Lipinski definition) is 2. The smallest absolute Gasteiger partial charge is 0.214 e. The number of aromatic amines is 1. The summed E-state index contributed by atoms with van der Waals surface area (Å²) in [4.78, 5) is 4.05. The van der Waals surface area contributed by atoms with Crippen LogP contribution in [0.3, 0.4) is 0 Å². The van der Waals surface area contributed by atoms with Crippen LogP contribution >= 0.6 is 39.7 Å². The summed E-state index contributed by atoms with van der Waals surface area (Å²) in [5.74, 6) is 1.96. The van der Waals surface area contributed by atoms with Gasteiger partial charge in [0.2, 0.25) is 4.77 Å². The fraction of sp³-hybridized carbons (Fsp3) is 0.174. The standard InChI is InChI=1S/C23H21BrClN5O2S/c1-2-31-20-12-16(11-19(24)21(20)32-14-15-4-3-5-18(25)10-15)13-27-30-22(28-29-23(30)33)17-6-8-26-9-7-17/h3-12,27H,2,13-14H2,1H3,(H,29,33). The van der Waals surface area contributed by atoms with Gasteiger partial charge in [0.1, 0.15) is 6.61 Å². The number of nitrogens with zero attached hydrogens (tertiary/aromatic N) is 3. The van der Waals surface area contributed by atoms with Gasteiger partial charge in [0.15, 0.2) is 17.3 Å². The SMILES string of the molecule is CCOc1cc(CNn2c(-c3ccncc3)n[nH]c2=S)cc(Br)c1OCc1cccc(Cl)c1. The zero-order valence-corrected chi connectivity index (χ0v) is 20.9. The first-order valence-electron chi connectivity index (χ1n) is 10.2. The van der Waals surface area contributed by atoms with Crippen molar-refractivity contribution in [2.45, 2.75) is 20.1 Å². The third kappa shape index (κ3) is 5.73. The minimum atomic E-state index is 0.371. The predicted octanol–water partition coefficient (Wildman–Crippen LogP) is 6.14. The molecule has 4 rings (SSSR count). The topological polar surface area (TPSA) is 77.0 Å². The van der Waals surface area contributed by atoms with Crippen LogP contribution in [0.4, 0.5) is 0 Å². The molecule has 2 aromatic heterocycles. The van der Waals surface area contributed by atoms with Gasteiger partial charge < -0.3 is 14.9 Å². The van der Waals surface area contributed by atoms with E-state index in [1.807, 2.05) is 55.5 Å². The lowest BCUT2D eigenvalue weighted by Gasteiger charge is -2.16. The highest BCUT2D eigenvalue weighted by Gasteiger charge is 2.14. The lowest BCUT2D eigenvalue weighted by atomic mass is 10.2. The Balaban J connectivity index is 1.54. The Morgan fingerprint density at radius 3 is 2.70 bits per heavy atom. The van der Waals surface area contributed by atoms with Crippen molar-refractivity contribution in [1.82, 2.24) is 19.9 Å². The molecule has 170 valence electrons. The Hall–Kier alpha value is -2.88. The molecule has 0 atom stereocenters. The van der Waals surface area contributed by atoms with E-state index in [0.29, 0.717) is 46.9 Å². The van der Waals surface area contributed by atoms with Crippen molar-refractivity contribution in [3.8, 4) is 22.9 Å². The average Bonchev–Trinajstić information content (AvgIpc) is 3.18. The Kier molecular flexibility index (Phi) is 7.64. The van der Waals surface area contributed by atoms with Gasteiger partial charge in [-0.25, -0.2) is 9.77 Å². The van der Waals surface area contributed by atoms with Crippen LogP contribution < -0.4 is 14.9 Å². The van der Waals surface area contributed by atoms with E-state index in [2.05, 4.69) is 36.5 Å². The van der Waals surface area contributed by atoms with Crippen LogP contribution in [0.1, 0.15) is 18.1 Å². The van der Waals surface area contributed by atoms with E-state index in [0.717, 1.165) is 21.2 Å². The van der Waals surface area contributed by atoms with Crippen molar-refractivity contribution < 1.29 is 9.47 Å². The summed E-state index contributed by atoms with van der Waals surface area (Å²) in [7, 11) is 0. The summed E-state index contributed by atoms with van der Waals surface area (Å²) in [5, 5.41) is 7.83. The van der Waals surface area contributed by atoms with Crippen LogP contribution in [0, 0.1) is 4.77 Å². The summed E-state index contributed by atoms with van der Waals surface area (Å²) in [5.41, 5.74) is 6.17. The van der Waals surface area contributed by atoms with Crippen molar-refractivity contribution in [2.24, 2.45) is 0 Å². The maximum absolute atomic E-state index is 6.08. The number of rotatable bonds is 9. The third-order valence-corrected chi connectivity index (χ3v) is 5.79. The largest absolute Gasteiger partial charge is 0.490 e. The van der Waals surface area contributed by atoms with E-state index in [9.17, 15) is 0 Å². The van der Waals surface area contributed by atoms with Gasteiger partial charge in [-0.3, -0.25) is 4.98 Å². The van der Waals surface area contributed by atoms with Crippen LogP contribution in [0.5, 0.6) is 11.5 Å². The molecule has 7 nitrogen and oxygen atoms in total. The highest BCUT2D eigenvalue weighted by Crippen LogP contribution is 2.37. The first-order valence-corrected chi connectivity index (χ1v) is 11.8. The van der Waals surface area contributed by atoms with Gasteiger partial charge in [-0.15, -0.1) is 0 Å². The van der Waals surface area contributed by atoms with Gasteiger partial charge in [-0.2, -0.15) is 5.10 Å². The minimum absolute atomic E-state index is 0.371. The van der Waals surface area contributed by atoms with Crippen LogP contribution in [-0.2, 0) is 13.2 Å². The van der Waals surface area contributed by atoms with Crippen LogP contribution in [0.2, 0.25) is 5.02 Å². The first kappa shape index (κ1) is 23.3. The predicted molar refractivity (Wildman–Crippen MR) is 135 cm³/mol. The maximum atomic E-state index is 6.08. The van der Waals surface area contributed by atoms with Gasteiger partial charge in [0.25, 0.3) is 0 Å². The molecule has 0 saturated heterocycles. The molecule has 10 heteroatoms. The monoisotopic (exact) mass is 545 g/mol. The molecule has 2 N–H and O–H groups in total. The van der Waals surface area contributed by atoms with E-state index in [1.54, 1.807) is 17.1 Å². The summed E-state index contributed by atoms with van der Waals surface area (Å²) < 4.78 is 14.9. The Morgan fingerprint density at radius 1 is 1.12 bits per heavy atom. The molecule has 0 spiro atoms. The second kappa shape index (κ2) is 10.8. The molecule has 0 amide bonds. The third-order valence-electron chi connectivity index (χ3n) is 4.69. The summed E-state index contributed by atoms with van der Waals surface area (Å²) in [6.07, 6.45) is 3.43. The van der Waals surface area contributed by atoms with Gasteiger partial charge in [-0.05, 0) is 82.6 Å². The normalized spacial score (nSPS) is 10.8. The fourth-order valence-corrected chi connectivity index (χ4v) is 4.23. The molecule has 33 heavy (non-hydrogen) atoms. The first-order chi connectivity index (χ1) is 16.0. The zero-order chi connectivity index (χ0) is 23.2. The van der Waals surface area contributed by atoms with Gasteiger partial charge in [0, 0.05) is 23.0 Å². The molecule has 0 radical (unpaired) electrons. The summed E-state index contributed by atoms with van der Waals surface area (Å²) >= 11 is 15.1. The van der Waals surface area contributed by atoms with E-state index < -0.39 is 0 Å². The Labute approximate surface area is 209 Å². The van der Waals surface area contributed by atoms with Crippen molar-refractivity contribution in [3.05, 3.63) is 86.3 Å². The zero-order valence-electron chi connectivity index (χ0n) is 17.7. The minimum Gasteiger partial charge on any atom is -0.490 e. The molecule has 2 heterocycles. The van der Waals surface area contributed by atoms with E-state index >= 15 is 0 Å². The lowest BCUT2D eigenvalue weighted by Crippen LogP contribution is -2.16. The molecule has 4 aromatic rings. The Bertz CT molecular complexity index is 1300. The van der Waals surface area contributed by atoms with Crippen molar-refractivity contribution in [3.63, 3.8) is 0 Å². The summed E-state index contributed by atoms with van der Waals surface area (Å²) in [6, 6.07) is 15.3. The van der Waals surface area contributed by atoms with Gasteiger partial charge in [-0.1, -0.05) is 23.7 Å². The second-order valence-electron chi connectivity index (χ2n) is 7.02. The van der Waals surface area contributed by atoms with Crippen LogP contribution in [0.25, 0.3) is 11.4 Å². The van der Waals surface area contributed by atoms with Crippen molar-refractivity contribution >= 4 is 39.7 Å². The number of H-pyrrole nitrogens is 1. The van der Waals surface area contributed by atoms with E-state index in [-0.39, 0.29) is 0 Å². The maximum Gasteiger partial charge on any atom is 0.214 e. The number of aromatic nitrogens is 4. The molecule has 0 aliphatic rings. The number of hydrogen-bond acceptors (Lipinski definition) is 6. The highest BCUT2D eigenvalue weighted by atomic mass is 79.9. The molecule has 0 fully saturated rings. The molecule has 0 bridgehead atoms. The van der Waals surface area contributed by atoms with E-state index in [1.165, 1.54) is 0 Å². The molecular formula is C23H21BrClN5O2S. The lowest BCUT2D eigenvalue weighted by molar-refractivity contribution is 0.267. The number of benzene rings is 2. The van der Waals surface area contributed by atoms with Crippen LogP contribution in [-0.4, -0.2) is 26.5 Å². The second-order valence-corrected chi connectivity index (χ2v) is 8.69. The molecule has 0 aliphatic heterocycles. The van der Waals surface area contributed by atoms with Crippen LogP contribution in [0.15, 0.2) is 65.4 Å². The quantitative estimate of drug-likeness (QED) is 0.246. The highest BCUT2D eigenvalue weighted by molar-refractivity contribution is 9.10. The number of pyridine rings is 1. The number of ether oxygens (including phenoxy) is 2. The van der Waals surface area contributed by atoms with E-state index in [4.69, 9.17) is 33.3 Å².